The van der Waals surface area contributed by atoms with E-state index in [4.69, 9.17) is 0 Å². The van der Waals surface area contributed by atoms with Gasteiger partial charge >= 0.3 is 0 Å². The Bertz CT molecular complexity index is 679. The Balaban J connectivity index is 2.13. The van der Waals surface area contributed by atoms with E-state index in [-0.39, 0.29) is 5.91 Å². The van der Waals surface area contributed by atoms with Gasteiger partial charge in [0, 0.05) is 6.54 Å². The highest BCUT2D eigenvalue weighted by Crippen LogP contribution is 2.35. The van der Waals surface area contributed by atoms with Crippen LogP contribution in [0.15, 0.2) is 48.5 Å². The number of hydrogen-bond acceptors (Lipinski definition) is 1. The van der Waals surface area contributed by atoms with Crippen LogP contribution in [-0.4, -0.2) is 12.5 Å². The molecule has 0 atom stereocenters. The summed E-state index contributed by atoms with van der Waals surface area (Å²) in [6.07, 6.45) is 4.65. The van der Waals surface area contributed by atoms with Gasteiger partial charge in [-0.1, -0.05) is 86.3 Å². The van der Waals surface area contributed by atoms with Gasteiger partial charge in [0.15, 0.2) is 0 Å². The minimum atomic E-state index is -0.412. The van der Waals surface area contributed by atoms with Crippen LogP contribution in [-0.2, 0) is 16.6 Å². The van der Waals surface area contributed by atoms with Crippen molar-refractivity contribution in [2.24, 2.45) is 0 Å². The monoisotopic (exact) mass is 351 g/mol. The second-order valence-corrected chi connectivity index (χ2v) is 7.44. The second-order valence-electron chi connectivity index (χ2n) is 7.44. The first-order valence-corrected chi connectivity index (χ1v) is 9.93. The lowest BCUT2D eigenvalue weighted by Gasteiger charge is -2.33. The largest absolute Gasteiger partial charge is 0.355 e. The van der Waals surface area contributed by atoms with Crippen LogP contribution in [0.3, 0.4) is 0 Å². The highest BCUT2D eigenvalue weighted by atomic mass is 16.2. The van der Waals surface area contributed by atoms with Crippen molar-refractivity contribution in [1.82, 2.24) is 5.32 Å². The molecule has 1 N–H and O–H groups in total. The fraction of sp³-hybridized carbons (Fsp3) is 0.458. The molecule has 0 aromatic heterocycles. The summed E-state index contributed by atoms with van der Waals surface area (Å²) in [6.45, 7) is 9.20. The van der Waals surface area contributed by atoms with E-state index >= 15 is 0 Å². The molecule has 0 aliphatic carbocycles. The number of nitrogens with one attached hydrogen (secondary N) is 1. The van der Waals surface area contributed by atoms with Crippen molar-refractivity contribution in [3.05, 3.63) is 70.8 Å². The average Bonchev–Trinajstić information content (AvgIpc) is 2.63. The Morgan fingerprint density at radius 2 is 1.35 bits per heavy atom. The Labute approximate surface area is 159 Å². The Hall–Kier alpha value is -2.09. The second kappa shape index (κ2) is 9.56. The molecule has 0 aliphatic heterocycles. The average molecular weight is 352 g/mol. The molecule has 0 radical (unpaired) electrons. The molecule has 0 aliphatic rings. The molecule has 0 fully saturated rings. The minimum Gasteiger partial charge on any atom is -0.355 e. The Morgan fingerprint density at radius 3 is 1.85 bits per heavy atom. The molecular weight excluding hydrogens is 318 g/mol. The Morgan fingerprint density at radius 1 is 0.846 bits per heavy atom. The lowest BCUT2D eigenvalue weighted by Crippen LogP contribution is -2.45. The number of carbonyl (C=O) groups is 1. The molecule has 0 spiro atoms. The maximum absolute atomic E-state index is 13.3. The molecular formula is C24H33NO. The summed E-state index contributed by atoms with van der Waals surface area (Å²) in [5.41, 5.74) is 4.50. The number of carbonyl (C=O) groups excluding carboxylic acids is 1. The lowest BCUT2D eigenvalue weighted by atomic mass is 9.72. The summed E-state index contributed by atoms with van der Waals surface area (Å²) in [6, 6.07) is 17.1. The number of rotatable bonds is 9. The van der Waals surface area contributed by atoms with Crippen LogP contribution in [0.1, 0.15) is 61.8 Å². The highest BCUT2D eigenvalue weighted by Gasteiger charge is 2.38. The molecule has 0 saturated heterocycles. The van der Waals surface area contributed by atoms with Crippen LogP contribution in [0.5, 0.6) is 0 Å². The first-order valence-electron chi connectivity index (χ1n) is 9.93. The summed E-state index contributed by atoms with van der Waals surface area (Å²) >= 11 is 0. The summed E-state index contributed by atoms with van der Waals surface area (Å²) in [7, 11) is 0. The van der Waals surface area contributed by atoms with E-state index in [2.05, 4.69) is 81.5 Å². The lowest BCUT2D eigenvalue weighted by molar-refractivity contribution is -0.127. The minimum absolute atomic E-state index is 0.178. The molecule has 0 bridgehead atoms. The third-order valence-electron chi connectivity index (χ3n) is 5.21. The van der Waals surface area contributed by atoms with Crippen molar-refractivity contribution >= 4 is 5.91 Å². The zero-order valence-electron chi connectivity index (χ0n) is 16.8. The van der Waals surface area contributed by atoms with Gasteiger partial charge in [-0.3, -0.25) is 4.79 Å². The van der Waals surface area contributed by atoms with Crippen molar-refractivity contribution in [3.8, 4) is 0 Å². The van der Waals surface area contributed by atoms with Gasteiger partial charge in [-0.25, -0.2) is 0 Å². The van der Waals surface area contributed by atoms with E-state index in [1.54, 1.807) is 0 Å². The molecule has 2 aromatic carbocycles. The fourth-order valence-electron chi connectivity index (χ4n) is 3.74. The van der Waals surface area contributed by atoms with E-state index in [0.717, 1.165) is 37.7 Å². The van der Waals surface area contributed by atoms with Gasteiger partial charge in [0.2, 0.25) is 5.91 Å². The van der Waals surface area contributed by atoms with Gasteiger partial charge in [0.05, 0.1) is 5.41 Å². The molecule has 1 amide bonds. The Kier molecular flexibility index (Phi) is 7.44. The van der Waals surface area contributed by atoms with E-state index in [0.29, 0.717) is 6.54 Å². The summed E-state index contributed by atoms with van der Waals surface area (Å²) < 4.78 is 0. The number of amides is 1. The molecule has 0 saturated carbocycles. The van der Waals surface area contributed by atoms with Crippen LogP contribution < -0.4 is 5.32 Å². The number of benzene rings is 2. The molecule has 0 heterocycles. The first-order chi connectivity index (χ1) is 12.5. The van der Waals surface area contributed by atoms with Gasteiger partial charge in [0.25, 0.3) is 0 Å². The SMILES string of the molecule is CCCC(CCC)(C(=O)NCCc1ccc(C)cc1)c1ccc(C)cc1. The zero-order valence-corrected chi connectivity index (χ0v) is 16.8. The van der Waals surface area contributed by atoms with Gasteiger partial charge in [-0.05, 0) is 44.2 Å². The molecule has 140 valence electrons. The summed E-state index contributed by atoms with van der Waals surface area (Å²) in [5.74, 6) is 0.178. The molecule has 2 aromatic rings. The normalized spacial score (nSPS) is 11.4. The van der Waals surface area contributed by atoms with Crippen LogP contribution in [0, 0.1) is 13.8 Å². The van der Waals surface area contributed by atoms with Crippen LogP contribution in [0.2, 0.25) is 0 Å². The van der Waals surface area contributed by atoms with Crippen molar-refractivity contribution in [1.29, 1.82) is 0 Å². The quantitative estimate of drug-likeness (QED) is 0.635. The van der Waals surface area contributed by atoms with Crippen LogP contribution in [0.4, 0.5) is 0 Å². The van der Waals surface area contributed by atoms with Crippen molar-refractivity contribution in [2.45, 2.75) is 65.2 Å². The predicted molar refractivity (Wildman–Crippen MR) is 111 cm³/mol. The molecule has 2 nitrogen and oxygen atoms in total. The molecule has 2 rings (SSSR count). The topological polar surface area (TPSA) is 29.1 Å². The zero-order chi connectivity index (χ0) is 19.0. The fourth-order valence-corrected chi connectivity index (χ4v) is 3.74. The maximum Gasteiger partial charge on any atom is 0.230 e. The van der Waals surface area contributed by atoms with Crippen LogP contribution in [0.25, 0.3) is 0 Å². The van der Waals surface area contributed by atoms with E-state index in [1.807, 2.05) is 0 Å². The summed E-state index contributed by atoms with van der Waals surface area (Å²) in [4.78, 5) is 13.3. The number of aryl methyl sites for hydroxylation is 2. The maximum atomic E-state index is 13.3. The van der Waals surface area contributed by atoms with Gasteiger partial charge in [0.1, 0.15) is 0 Å². The smallest absolute Gasteiger partial charge is 0.230 e. The van der Waals surface area contributed by atoms with E-state index in [1.165, 1.54) is 16.7 Å². The van der Waals surface area contributed by atoms with Gasteiger partial charge < -0.3 is 5.32 Å². The number of hydrogen-bond donors (Lipinski definition) is 1. The first kappa shape index (κ1) is 20.2. The van der Waals surface area contributed by atoms with Gasteiger partial charge in [-0.15, -0.1) is 0 Å². The standard InChI is InChI=1S/C24H33NO/c1-5-16-24(17-6-2,22-13-9-20(4)10-14-22)23(26)25-18-15-21-11-7-19(3)8-12-21/h7-14H,5-6,15-18H2,1-4H3,(H,25,26). The molecule has 26 heavy (non-hydrogen) atoms. The van der Waals surface area contributed by atoms with Crippen molar-refractivity contribution < 1.29 is 4.79 Å². The predicted octanol–water partition coefficient (Wildman–Crippen LogP) is 5.50. The summed E-state index contributed by atoms with van der Waals surface area (Å²) in [5, 5.41) is 3.23. The van der Waals surface area contributed by atoms with E-state index < -0.39 is 5.41 Å². The van der Waals surface area contributed by atoms with Crippen molar-refractivity contribution in [2.75, 3.05) is 6.54 Å². The third-order valence-corrected chi connectivity index (χ3v) is 5.21. The van der Waals surface area contributed by atoms with Crippen molar-refractivity contribution in [3.63, 3.8) is 0 Å². The highest BCUT2D eigenvalue weighted by molar-refractivity contribution is 5.88. The third kappa shape index (κ3) is 4.97. The molecule has 2 heteroatoms. The van der Waals surface area contributed by atoms with Crippen LogP contribution >= 0.6 is 0 Å². The molecule has 0 unspecified atom stereocenters. The van der Waals surface area contributed by atoms with Gasteiger partial charge in [-0.2, -0.15) is 0 Å². The van der Waals surface area contributed by atoms with E-state index in [9.17, 15) is 4.79 Å².